The van der Waals surface area contributed by atoms with Crippen molar-refractivity contribution >= 4 is 11.7 Å². The Morgan fingerprint density at radius 1 is 1.27 bits per heavy atom. The summed E-state index contributed by atoms with van der Waals surface area (Å²) in [7, 11) is 1.79. The van der Waals surface area contributed by atoms with E-state index >= 15 is 0 Å². The molecule has 0 aliphatic rings. The van der Waals surface area contributed by atoms with E-state index in [-0.39, 0.29) is 24.3 Å². The van der Waals surface area contributed by atoms with Crippen molar-refractivity contribution in [2.75, 3.05) is 20.1 Å². The first kappa shape index (κ1) is 14.1. The highest BCUT2D eigenvalue weighted by Crippen LogP contribution is 1.92. The van der Waals surface area contributed by atoms with E-state index in [2.05, 4.69) is 5.32 Å². The van der Waals surface area contributed by atoms with Gasteiger partial charge in [0.1, 0.15) is 5.78 Å². The molecule has 0 aromatic carbocycles. The molecule has 0 heterocycles. The van der Waals surface area contributed by atoms with Gasteiger partial charge in [-0.3, -0.25) is 14.5 Å². The summed E-state index contributed by atoms with van der Waals surface area (Å²) in [5.41, 5.74) is 0. The number of hydrogen-bond acceptors (Lipinski definition) is 3. The first-order chi connectivity index (χ1) is 6.95. The lowest BCUT2D eigenvalue weighted by molar-refractivity contribution is -0.124. The zero-order valence-corrected chi connectivity index (χ0v) is 10.2. The number of carbonyl (C=O) groups is 2. The molecule has 1 N–H and O–H groups in total. The number of rotatable bonds is 7. The van der Waals surface area contributed by atoms with Gasteiger partial charge in [-0.15, -0.1) is 0 Å². The highest BCUT2D eigenvalue weighted by Gasteiger charge is 2.10. The predicted octanol–water partition coefficient (Wildman–Crippen LogP) is 0.812. The Hall–Kier alpha value is -0.900. The fraction of sp³-hybridized carbons (Fsp3) is 0.818. The zero-order valence-electron chi connectivity index (χ0n) is 10.2. The Labute approximate surface area is 92.0 Å². The van der Waals surface area contributed by atoms with Gasteiger partial charge < -0.3 is 5.32 Å². The van der Waals surface area contributed by atoms with Gasteiger partial charge in [-0.25, -0.2) is 0 Å². The molecule has 0 aromatic rings. The second-order valence-electron chi connectivity index (χ2n) is 4.18. The van der Waals surface area contributed by atoms with Crippen molar-refractivity contribution in [3.8, 4) is 0 Å². The number of amides is 1. The highest BCUT2D eigenvalue weighted by molar-refractivity contribution is 5.82. The van der Waals surface area contributed by atoms with Gasteiger partial charge in [0.15, 0.2) is 0 Å². The molecule has 1 amide bonds. The lowest BCUT2D eigenvalue weighted by atomic mass is 10.2. The van der Waals surface area contributed by atoms with E-state index in [1.165, 1.54) is 0 Å². The third-order valence-electron chi connectivity index (χ3n) is 1.84. The summed E-state index contributed by atoms with van der Waals surface area (Å²) in [6.07, 6.45) is 1.46. The van der Waals surface area contributed by atoms with E-state index in [9.17, 15) is 9.59 Å². The third-order valence-corrected chi connectivity index (χ3v) is 1.84. The minimum Gasteiger partial charge on any atom is -0.353 e. The minimum absolute atomic E-state index is 0.0307. The first-order valence-corrected chi connectivity index (χ1v) is 5.45. The summed E-state index contributed by atoms with van der Waals surface area (Å²) >= 11 is 0. The fourth-order valence-corrected chi connectivity index (χ4v) is 1.33. The molecular weight excluding hydrogens is 192 g/mol. The summed E-state index contributed by atoms with van der Waals surface area (Å²) in [6.45, 7) is 6.45. The van der Waals surface area contributed by atoms with Crippen LogP contribution in [0.5, 0.6) is 0 Å². The monoisotopic (exact) mass is 214 g/mol. The standard InChI is InChI=1S/C11H22N2O2/c1-5-6-10(14)7-13(4)8-11(15)12-9(2)3/h9H,5-8H2,1-4H3,(H,12,15). The number of Topliss-reactive ketones (excluding diaryl/α,β-unsaturated/α-hetero) is 1. The summed E-state index contributed by atoms with van der Waals surface area (Å²) < 4.78 is 0. The molecule has 0 rings (SSSR count). The molecule has 0 unspecified atom stereocenters. The quantitative estimate of drug-likeness (QED) is 0.682. The van der Waals surface area contributed by atoms with Gasteiger partial charge in [0, 0.05) is 12.5 Å². The maximum atomic E-state index is 11.3. The molecule has 0 fully saturated rings. The normalized spacial score (nSPS) is 10.8. The van der Waals surface area contributed by atoms with Crippen LogP contribution >= 0.6 is 0 Å². The van der Waals surface area contributed by atoms with Crippen molar-refractivity contribution < 1.29 is 9.59 Å². The first-order valence-electron chi connectivity index (χ1n) is 5.45. The van der Waals surface area contributed by atoms with Crippen LogP contribution in [0.3, 0.4) is 0 Å². The number of likely N-dealkylation sites (N-methyl/N-ethyl adjacent to an activating group) is 1. The molecule has 0 aliphatic carbocycles. The van der Waals surface area contributed by atoms with Crippen molar-refractivity contribution in [2.24, 2.45) is 0 Å². The summed E-state index contributed by atoms with van der Waals surface area (Å²) in [6, 6.07) is 0.150. The Bertz CT molecular complexity index is 215. The van der Waals surface area contributed by atoms with Crippen LogP contribution in [0.4, 0.5) is 0 Å². The van der Waals surface area contributed by atoms with Gasteiger partial charge in [0.05, 0.1) is 13.1 Å². The number of nitrogens with zero attached hydrogens (tertiary/aromatic N) is 1. The topological polar surface area (TPSA) is 49.4 Å². The molecule has 0 atom stereocenters. The number of hydrogen-bond donors (Lipinski definition) is 1. The van der Waals surface area contributed by atoms with Crippen molar-refractivity contribution in [1.82, 2.24) is 10.2 Å². The van der Waals surface area contributed by atoms with Crippen LogP contribution in [0.15, 0.2) is 0 Å². The number of nitrogens with one attached hydrogen (secondary N) is 1. The average molecular weight is 214 g/mol. The molecule has 0 aromatic heterocycles. The van der Waals surface area contributed by atoms with Crippen LogP contribution in [0.2, 0.25) is 0 Å². The van der Waals surface area contributed by atoms with E-state index in [1.54, 1.807) is 11.9 Å². The Kier molecular flexibility index (Phi) is 6.96. The minimum atomic E-state index is -0.0307. The molecule has 4 nitrogen and oxygen atoms in total. The van der Waals surface area contributed by atoms with Gasteiger partial charge >= 0.3 is 0 Å². The van der Waals surface area contributed by atoms with Gasteiger partial charge in [0.2, 0.25) is 5.91 Å². The Morgan fingerprint density at radius 3 is 2.33 bits per heavy atom. The lowest BCUT2D eigenvalue weighted by Gasteiger charge is -2.16. The zero-order chi connectivity index (χ0) is 11.8. The van der Waals surface area contributed by atoms with Gasteiger partial charge in [-0.05, 0) is 27.3 Å². The maximum absolute atomic E-state index is 11.3. The Balaban J connectivity index is 3.77. The molecule has 0 radical (unpaired) electrons. The Morgan fingerprint density at radius 2 is 1.87 bits per heavy atom. The largest absolute Gasteiger partial charge is 0.353 e. The van der Waals surface area contributed by atoms with Crippen LogP contribution < -0.4 is 5.32 Å². The number of ketones is 1. The summed E-state index contributed by atoms with van der Waals surface area (Å²) in [5.74, 6) is 0.161. The maximum Gasteiger partial charge on any atom is 0.234 e. The molecule has 0 spiro atoms. The fourth-order valence-electron chi connectivity index (χ4n) is 1.33. The van der Waals surface area contributed by atoms with Crippen LogP contribution in [-0.4, -0.2) is 42.8 Å². The van der Waals surface area contributed by atoms with Crippen LogP contribution in [-0.2, 0) is 9.59 Å². The molecule has 0 bridgehead atoms. The summed E-state index contributed by atoms with van der Waals surface area (Å²) in [5, 5.41) is 2.79. The van der Waals surface area contributed by atoms with E-state index in [0.29, 0.717) is 13.0 Å². The molecule has 0 aliphatic heterocycles. The molecular formula is C11H22N2O2. The molecule has 0 saturated carbocycles. The van der Waals surface area contributed by atoms with E-state index in [0.717, 1.165) is 6.42 Å². The van der Waals surface area contributed by atoms with Gasteiger partial charge in [0.25, 0.3) is 0 Å². The van der Waals surface area contributed by atoms with Crippen molar-refractivity contribution in [1.29, 1.82) is 0 Å². The van der Waals surface area contributed by atoms with Crippen molar-refractivity contribution in [3.63, 3.8) is 0 Å². The third kappa shape index (κ3) is 8.12. The molecule has 0 saturated heterocycles. The second kappa shape index (κ2) is 7.40. The van der Waals surface area contributed by atoms with Crippen LogP contribution in [0.25, 0.3) is 0 Å². The molecule has 15 heavy (non-hydrogen) atoms. The van der Waals surface area contributed by atoms with Gasteiger partial charge in [-0.2, -0.15) is 0 Å². The smallest absolute Gasteiger partial charge is 0.234 e. The average Bonchev–Trinajstić information content (AvgIpc) is 2.00. The predicted molar refractivity (Wildman–Crippen MR) is 60.7 cm³/mol. The lowest BCUT2D eigenvalue weighted by Crippen LogP contribution is -2.40. The van der Waals surface area contributed by atoms with E-state index < -0.39 is 0 Å². The van der Waals surface area contributed by atoms with Gasteiger partial charge in [-0.1, -0.05) is 6.92 Å². The van der Waals surface area contributed by atoms with E-state index in [1.807, 2.05) is 20.8 Å². The van der Waals surface area contributed by atoms with Crippen LogP contribution in [0.1, 0.15) is 33.6 Å². The second-order valence-corrected chi connectivity index (χ2v) is 4.18. The molecule has 88 valence electrons. The summed E-state index contributed by atoms with van der Waals surface area (Å²) in [4.78, 5) is 24.4. The molecule has 4 heteroatoms. The SMILES string of the molecule is CCCC(=O)CN(C)CC(=O)NC(C)C. The van der Waals surface area contributed by atoms with E-state index in [4.69, 9.17) is 0 Å². The van der Waals surface area contributed by atoms with Crippen molar-refractivity contribution in [2.45, 2.75) is 39.7 Å². The van der Waals surface area contributed by atoms with Crippen molar-refractivity contribution in [3.05, 3.63) is 0 Å². The highest BCUT2D eigenvalue weighted by atomic mass is 16.2. The van der Waals surface area contributed by atoms with Crippen LogP contribution in [0, 0.1) is 0 Å². The number of carbonyl (C=O) groups excluding carboxylic acids is 2.